The van der Waals surface area contributed by atoms with Crippen molar-refractivity contribution in [1.29, 1.82) is 0 Å². The number of benzene rings is 1. The Morgan fingerprint density at radius 3 is 2.50 bits per heavy atom. The van der Waals surface area contributed by atoms with Crippen molar-refractivity contribution in [2.24, 2.45) is 5.92 Å². The van der Waals surface area contributed by atoms with Crippen molar-refractivity contribution < 1.29 is 4.74 Å². The van der Waals surface area contributed by atoms with Crippen LogP contribution in [0.2, 0.25) is 5.02 Å². The van der Waals surface area contributed by atoms with E-state index in [4.69, 9.17) is 16.3 Å². The Labute approximate surface area is 116 Å². The molecule has 0 saturated heterocycles. The smallest absolute Gasteiger partial charge is 0.0590 e. The van der Waals surface area contributed by atoms with Gasteiger partial charge >= 0.3 is 0 Å². The van der Waals surface area contributed by atoms with Crippen LogP contribution in [0.1, 0.15) is 25.8 Å². The van der Waals surface area contributed by atoms with Crippen molar-refractivity contribution in [1.82, 2.24) is 5.32 Å². The van der Waals surface area contributed by atoms with Crippen molar-refractivity contribution in [2.75, 3.05) is 26.3 Å². The van der Waals surface area contributed by atoms with Gasteiger partial charge in [0.2, 0.25) is 0 Å². The predicted molar refractivity (Wildman–Crippen MR) is 78.3 cm³/mol. The van der Waals surface area contributed by atoms with Crippen molar-refractivity contribution in [3.05, 3.63) is 34.9 Å². The van der Waals surface area contributed by atoms with E-state index in [1.165, 1.54) is 5.56 Å². The fraction of sp³-hybridized carbons (Fsp3) is 0.600. The summed E-state index contributed by atoms with van der Waals surface area (Å²) in [6, 6.07) is 8.02. The molecule has 1 aromatic rings. The van der Waals surface area contributed by atoms with E-state index in [0.29, 0.717) is 0 Å². The second-order valence-corrected chi connectivity index (χ2v) is 5.36. The van der Waals surface area contributed by atoms with E-state index in [1.807, 2.05) is 12.1 Å². The lowest BCUT2D eigenvalue weighted by Gasteiger charge is -2.07. The molecule has 0 unspecified atom stereocenters. The predicted octanol–water partition coefficient (Wildman–Crippen LogP) is 3.53. The van der Waals surface area contributed by atoms with Gasteiger partial charge in [-0.2, -0.15) is 0 Å². The van der Waals surface area contributed by atoms with Crippen LogP contribution in [-0.2, 0) is 11.2 Å². The number of nitrogens with one attached hydrogen (secondary N) is 1. The van der Waals surface area contributed by atoms with Gasteiger partial charge in [0.25, 0.3) is 0 Å². The molecule has 3 heteroatoms. The van der Waals surface area contributed by atoms with Gasteiger partial charge in [0, 0.05) is 18.2 Å². The van der Waals surface area contributed by atoms with Crippen LogP contribution in [0, 0.1) is 5.92 Å². The molecule has 0 fully saturated rings. The number of halogens is 1. The Morgan fingerprint density at radius 2 is 1.83 bits per heavy atom. The first-order valence-electron chi connectivity index (χ1n) is 6.71. The second-order valence-electron chi connectivity index (χ2n) is 4.92. The molecule has 102 valence electrons. The van der Waals surface area contributed by atoms with E-state index in [0.717, 1.165) is 50.1 Å². The first kappa shape index (κ1) is 15.5. The van der Waals surface area contributed by atoms with Crippen LogP contribution in [0.25, 0.3) is 0 Å². The molecule has 0 aliphatic heterocycles. The van der Waals surface area contributed by atoms with Gasteiger partial charge in [-0.25, -0.2) is 0 Å². The highest BCUT2D eigenvalue weighted by atomic mass is 35.5. The van der Waals surface area contributed by atoms with Crippen molar-refractivity contribution in [2.45, 2.75) is 26.7 Å². The lowest BCUT2D eigenvalue weighted by Crippen LogP contribution is -2.22. The third kappa shape index (κ3) is 7.70. The van der Waals surface area contributed by atoms with E-state index >= 15 is 0 Å². The zero-order chi connectivity index (χ0) is 13.2. The standard InChI is InChI=1S/C15H24ClNO/c1-13(2)8-11-18-12-10-17-9-7-14-3-5-15(16)6-4-14/h3-6,13,17H,7-12H2,1-2H3. The monoisotopic (exact) mass is 269 g/mol. The Kier molecular flexibility index (Phi) is 8.06. The van der Waals surface area contributed by atoms with Crippen LogP contribution >= 0.6 is 11.6 Å². The van der Waals surface area contributed by atoms with E-state index < -0.39 is 0 Å². The number of hydrogen-bond donors (Lipinski definition) is 1. The third-order valence-corrected chi connectivity index (χ3v) is 3.02. The Balaban J connectivity index is 1.94. The highest BCUT2D eigenvalue weighted by Gasteiger charge is 1.95. The average Bonchev–Trinajstić information content (AvgIpc) is 2.34. The summed E-state index contributed by atoms with van der Waals surface area (Å²) in [7, 11) is 0. The molecule has 18 heavy (non-hydrogen) atoms. The second kappa shape index (κ2) is 9.37. The molecule has 1 N–H and O–H groups in total. The van der Waals surface area contributed by atoms with Gasteiger partial charge in [0.15, 0.2) is 0 Å². The summed E-state index contributed by atoms with van der Waals surface area (Å²) in [5, 5.41) is 4.18. The summed E-state index contributed by atoms with van der Waals surface area (Å²) >= 11 is 5.83. The van der Waals surface area contributed by atoms with Gasteiger partial charge in [-0.05, 0) is 43.0 Å². The van der Waals surface area contributed by atoms with Gasteiger partial charge < -0.3 is 10.1 Å². The van der Waals surface area contributed by atoms with Crippen molar-refractivity contribution in [3.63, 3.8) is 0 Å². The molecule has 0 heterocycles. The van der Waals surface area contributed by atoms with Gasteiger partial charge in [-0.15, -0.1) is 0 Å². The molecule has 0 saturated carbocycles. The Morgan fingerprint density at radius 1 is 1.11 bits per heavy atom. The van der Waals surface area contributed by atoms with Crippen LogP contribution in [0.15, 0.2) is 24.3 Å². The molecule has 1 rings (SSSR count). The summed E-state index contributed by atoms with van der Waals surface area (Å²) in [5.41, 5.74) is 1.31. The van der Waals surface area contributed by atoms with E-state index in [9.17, 15) is 0 Å². The van der Waals surface area contributed by atoms with E-state index in [2.05, 4.69) is 31.3 Å². The zero-order valence-electron chi connectivity index (χ0n) is 11.4. The number of ether oxygens (including phenoxy) is 1. The fourth-order valence-electron chi connectivity index (χ4n) is 1.57. The fourth-order valence-corrected chi connectivity index (χ4v) is 1.70. The number of rotatable bonds is 9. The summed E-state index contributed by atoms with van der Waals surface area (Å²) in [6.07, 6.45) is 2.17. The summed E-state index contributed by atoms with van der Waals surface area (Å²) in [6.45, 7) is 8.01. The van der Waals surface area contributed by atoms with Crippen LogP contribution in [0.5, 0.6) is 0 Å². The normalized spacial score (nSPS) is 11.1. The Hall–Kier alpha value is -0.570. The minimum Gasteiger partial charge on any atom is -0.380 e. The van der Waals surface area contributed by atoms with Gasteiger partial charge in [0.1, 0.15) is 0 Å². The first-order valence-corrected chi connectivity index (χ1v) is 7.09. The summed E-state index contributed by atoms with van der Waals surface area (Å²) in [5.74, 6) is 0.725. The highest BCUT2D eigenvalue weighted by Crippen LogP contribution is 2.09. The van der Waals surface area contributed by atoms with Crippen molar-refractivity contribution in [3.8, 4) is 0 Å². The molecule has 0 amide bonds. The topological polar surface area (TPSA) is 21.3 Å². The molecular formula is C15H24ClNO. The average molecular weight is 270 g/mol. The van der Waals surface area contributed by atoms with Crippen LogP contribution in [0.4, 0.5) is 0 Å². The largest absolute Gasteiger partial charge is 0.380 e. The van der Waals surface area contributed by atoms with Crippen LogP contribution in [-0.4, -0.2) is 26.3 Å². The molecule has 0 radical (unpaired) electrons. The minimum atomic E-state index is 0.725. The maximum Gasteiger partial charge on any atom is 0.0590 e. The van der Waals surface area contributed by atoms with E-state index in [1.54, 1.807) is 0 Å². The zero-order valence-corrected chi connectivity index (χ0v) is 12.2. The maximum absolute atomic E-state index is 5.83. The first-order chi connectivity index (χ1) is 8.68. The van der Waals surface area contributed by atoms with Gasteiger partial charge in [-0.1, -0.05) is 37.6 Å². The minimum absolute atomic E-state index is 0.725. The molecule has 0 aliphatic carbocycles. The van der Waals surface area contributed by atoms with Crippen molar-refractivity contribution >= 4 is 11.6 Å². The molecule has 0 aliphatic rings. The maximum atomic E-state index is 5.83. The molecule has 0 aromatic heterocycles. The molecule has 1 aromatic carbocycles. The SMILES string of the molecule is CC(C)CCOCCNCCc1ccc(Cl)cc1. The van der Waals surface area contributed by atoms with Crippen LogP contribution in [0.3, 0.4) is 0 Å². The summed E-state index contributed by atoms with van der Waals surface area (Å²) in [4.78, 5) is 0. The summed E-state index contributed by atoms with van der Waals surface area (Å²) < 4.78 is 5.53. The number of hydrogen-bond acceptors (Lipinski definition) is 2. The Bertz CT molecular complexity index is 311. The molecular weight excluding hydrogens is 246 g/mol. The molecule has 0 atom stereocenters. The third-order valence-electron chi connectivity index (χ3n) is 2.77. The quantitative estimate of drug-likeness (QED) is 0.693. The van der Waals surface area contributed by atoms with Gasteiger partial charge in [-0.3, -0.25) is 0 Å². The highest BCUT2D eigenvalue weighted by molar-refractivity contribution is 6.30. The molecule has 0 bridgehead atoms. The lowest BCUT2D eigenvalue weighted by molar-refractivity contribution is 0.125. The lowest BCUT2D eigenvalue weighted by atomic mass is 10.1. The van der Waals surface area contributed by atoms with E-state index in [-0.39, 0.29) is 0 Å². The van der Waals surface area contributed by atoms with Gasteiger partial charge in [0.05, 0.1) is 6.61 Å². The molecule has 0 spiro atoms. The van der Waals surface area contributed by atoms with Crippen LogP contribution < -0.4 is 5.32 Å². The molecule has 2 nitrogen and oxygen atoms in total.